The lowest BCUT2D eigenvalue weighted by Crippen LogP contribution is -2.27. The highest BCUT2D eigenvalue weighted by Crippen LogP contribution is 2.33. The van der Waals surface area contributed by atoms with Crippen LogP contribution in [0, 0.1) is 5.92 Å². The molecule has 0 aromatic carbocycles. The second-order valence-electron chi connectivity index (χ2n) is 4.38. The van der Waals surface area contributed by atoms with Crippen molar-refractivity contribution in [2.24, 2.45) is 5.92 Å². The maximum Gasteiger partial charge on any atom is 0.262 e. The minimum atomic E-state index is -2.45. The molecule has 1 nitrogen and oxygen atoms in total. The van der Waals surface area contributed by atoms with E-state index in [2.05, 4.69) is 13.8 Å². The van der Waals surface area contributed by atoms with E-state index < -0.39 is 5.92 Å². The molecule has 0 radical (unpaired) electrons. The summed E-state index contributed by atoms with van der Waals surface area (Å²) >= 11 is 0. The van der Waals surface area contributed by atoms with Crippen LogP contribution in [0.1, 0.15) is 33.1 Å². The van der Waals surface area contributed by atoms with E-state index in [0.717, 1.165) is 12.8 Å². The molecule has 3 heteroatoms. The van der Waals surface area contributed by atoms with Crippen molar-refractivity contribution >= 4 is 0 Å². The van der Waals surface area contributed by atoms with Crippen LogP contribution in [0.5, 0.6) is 0 Å². The summed E-state index contributed by atoms with van der Waals surface area (Å²) in [7, 11) is 1.80. The van der Waals surface area contributed by atoms with Gasteiger partial charge < -0.3 is 0 Å². The van der Waals surface area contributed by atoms with E-state index in [1.165, 1.54) is 0 Å². The number of nitrogens with zero attached hydrogens (tertiary/aromatic N) is 1. The summed E-state index contributed by atoms with van der Waals surface area (Å²) in [5.41, 5.74) is 0. The summed E-state index contributed by atoms with van der Waals surface area (Å²) in [6, 6.07) is 0.0879. The second kappa shape index (κ2) is 3.91. The van der Waals surface area contributed by atoms with E-state index >= 15 is 0 Å². The van der Waals surface area contributed by atoms with Gasteiger partial charge in [0.25, 0.3) is 5.92 Å². The van der Waals surface area contributed by atoms with Crippen molar-refractivity contribution < 1.29 is 8.78 Å². The Bertz CT molecular complexity index is 170. The van der Waals surface area contributed by atoms with Crippen LogP contribution in [0.25, 0.3) is 0 Å². The van der Waals surface area contributed by atoms with E-state index in [0.29, 0.717) is 5.92 Å². The first-order valence-electron chi connectivity index (χ1n) is 5.02. The zero-order valence-electron chi connectivity index (χ0n) is 8.69. The van der Waals surface area contributed by atoms with Gasteiger partial charge in [-0.2, -0.15) is 0 Å². The van der Waals surface area contributed by atoms with Crippen LogP contribution in [-0.2, 0) is 0 Å². The number of hydrogen-bond donors (Lipinski definition) is 0. The van der Waals surface area contributed by atoms with Gasteiger partial charge in [-0.3, -0.25) is 4.90 Å². The van der Waals surface area contributed by atoms with Crippen LogP contribution in [-0.4, -0.2) is 30.5 Å². The molecule has 0 aromatic heterocycles. The highest BCUT2D eigenvalue weighted by Gasteiger charge is 2.43. The lowest BCUT2D eigenvalue weighted by molar-refractivity contribution is 0.0139. The Balaban J connectivity index is 2.44. The van der Waals surface area contributed by atoms with Crippen LogP contribution >= 0.6 is 0 Å². The summed E-state index contributed by atoms with van der Waals surface area (Å²) in [6.07, 6.45) is 2.03. The standard InChI is InChI=1S/C10H19F2N/c1-4-8(2)5-9-6-10(11,12)7-13(9)3/h8-9H,4-7H2,1-3H3/t8?,9-/m0/s1. The number of likely N-dealkylation sites (tertiary alicyclic amines) is 1. The largest absolute Gasteiger partial charge is 0.297 e. The molecule has 0 saturated carbocycles. The van der Waals surface area contributed by atoms with Crippen LogP contribution < -0.4 is 0 Å². The number of hydrogen-bond acceptors (Lipinski definition) is 1. The van der Waals surface area contributed by atoms with E-state index in [1.807, 2.05) is 0 Å². The van der Waals surface area contributed by atoms with E-state index in [9.17, 15) is 8.78 Å². The fraction of sp³-hybridized carbons (Fsp3) is 1.00. The third kappa shape index (κ3) is 2.90. The van der Waals surface area contributed by atoms with Crippen LogP contribution in [0.2, 0.25) is 0 Å². The molecule has 0 aromatic rings. The molecule has 1 fully saturated rings. The fourth-order valence-electron chi connectivity index (χ4n) is 1.95. The van der Waals surface area contributed by atoms with Gasteiger partial charge in [0, 0.05) is 12.5 Å². The molecule has 1 aliphatic rings. The van der Waals surface area contributed by atoms with Crippen LogP contribution in [0.3, 0.4) is 0 Å². The van der Waals surface area contributed by atoms with Crippen molar-refractivity contribution in [1.29, 1.82) is 0 Å². The molecule has 78 valence electrons. The molecule has 0 amide bonds. The molecule has 1 saturated heterocycles. The average Bonchev–Trinajstić information content (AvgIpc) is 2.24. The molecule has 1 heterocycles. The van der Waals surface area contributed by atoms with Crippen LogP contribution in [0.4, 0.5) is 8.78 Å². The number of rotatable bonds is 3. The van der Waals surface area contributed by atoms with E-state index in [4.69, 9.17) is 0 Å². The molecule has 0 N–H and O–H groups in total. The molecular weight excluding hydrogens is 172 g/mol. The van der Waals surface area contributed by atoms with Crippen molar-refractivity contribution in [3.05, 3.63) is 0 Å². The molecule has 0 aliphatic carbocycles. The fourth-order valence-corrected chi connectivity index (χ4v) is 1.95. The van der Waals surface area contributed by atoms with Gasteiger partial charge in [-0.05, 0) is 19.4 Å². The molecule has 1 unspecified atom stereocenters. The predicted octanol–water partition coefficient (Wildman–Crippen LogP) is 2.76. The minimum absolute atomic E-state index is 0.0494. The Morgan fingerprint density at radius 2 is 2.15 bits per heavy atom. The molecule has 1 rings (SSSR count). The smallest absolute Gasteiger partial charge is 0.262 e. The van der Waals surface area contributed by atoms with Crippen molar-refractivity contribution in [2.75, 3.05) is 13.6 Å². The molecule has 1 aliphatic heterocycles. The third-order valence-corrected chi connectivity index (χ3v) is 3.01. The van der Waals surface area contributed by atoms with Crippen molar-refractivity contribution in [3.8, 4) is 0 Å². The Kier molecular flexibility index (Phi) is 3.28. The van der Waals surface area contributed by atoms with Gasteiger partial charge in [-0.15, -0.1) is 0 Å². The molecule has 0 bridgehead atoms. The highest BCUT2D eigenvalue weighted by molar-refractivity contribution is 4.89. The minimum Gasteiger partial charge on any atom is -0.297 e. The van der Waals surface area contributed by atoms with Gasteiger partial charge >= 0.3 is 0 Å². The topological polar surface area (TPSA) is 3.24 Å². The summed E-state index contributed by atoms with van der Waals surface area (Å²) < 4.78 is 25.9. The van der Waals surface area contributed by atoms with Crippen molar-refractivity contribution in [1.82, 2.24) is 4.90 Å². The lowest BCUT2D eigenvalue weighted by Gasteiger charge is -2.21. The first-order valence-corrected chi connectivity index (χ1v) is 5.02. The number of halogens is 2. The Morgan fingerprint density at radius 3 is 2.54 bits per heavy atom. The zero-order chi connectivity index (χ0) is 10.1. The number of alkyl halides is 2. The maximum atomic E-state index is 13.0. The summed E-state index contributed by atoms with van der Waals surface area (Å²) in [5, 5.41) is 0. The quantitative estimate of drug-likeness (QED) is 0.663. The Morgan fingerprint density at radius 1 is 1.54 bits per heavy atom. The SMILES string of the molecule is CCC(C)C[C@H]1CC(F)(F)CN1C. The van der Waals surface area contributed by atoms with Crippen LogP contribution in [0.15, 0.2) is 0 Å². The van der Waals surface area contributed by atoms with Gasteiger partial charge in [-0.1, -0.05) is 20.3 Å². The van der Waals surface area contributed by atoms with Gasteiger partial charge in [-0.25, -0.2) is 8.78 Å². The molecular formula is C10H19F2N. The average molecular weight is 191 g/mol. The van der Waals surface area contributed by atoms with Crippen molar-refractivity contribution in [3.63, 3.8) is 0 Å². The van der Waals surface area contributed by atoms with Gasteiger partial charge in [0.2, 0.25) is 0 Å². The van der Waals surface area contributed by atoms with Gasteiger partial charge in [0.1, 0.15) is 0 Å². The van der Waals surface area contributed by atoms with Gasteiger partial charge in [0.05, 0.1) is 6.54 Å². The monoisotopic (exact) mass is 191 g/mol. The summed E-state index contributed by atoms with van der Waals surface area (Å²) in [4.78, 5) is 1.80. The zero-order valence-corrected chi connectivity index (χ0v) is 8.69. The second-order valence-corrected chi connectivity index (χ2v) is 4.38. The van der Waals surface area contributed by atoms with Gasteiger partial charge in [0.15, 0.2) is 0 Å². The lowest BCUT2D eigenvalue weighted by atomic mass is 9.97. The molecule has 2 atom stereocenters. The van der Waals surface area contributed by atoms with E-state index in [1.54, 1.807) is 11.9 Å². The Hall–Kier alpha value is -0.180. The summed E-state index contributed by atoms with van der Waals surface area (Å²) in [6.45, 7) is 4.18. The summed E-state index contributed by atoms with van der Waals surface area (Å²) in [5.74, 6) is -1.89. The maximum absolute atomic E-state index is 13.0. The molecule has 0 spiro atoms. The van der Waals surface area contributed by atoms with Crippen molar-refractivity contribution in [2.45, 2.75) is 45.1 Å². The predicted molar refractivity (Wildman–Crippen MR) is 50.1 cm³/mol. The molecule has 13 heavy (non-hydrogen) atoms. The highest BCUT2D eigenvalue weighted by atomic mass is 19.3. The third-order valence-electron chi connectivity index (χ3n) is 3.01. The van der Waals surface area contributed by atoms with E-state index in [-0.39, 0.29) is 19.0 Å². The first kappa shape index (κ1) is 10.9. The first-order chi connectivity index (χ1) is 5.94. The normalized spacial score (nSPS) is 30.7. The Labute approximate surface area is 79.1 Å².